The number of benzene rings is 1. The normalized spacial score (nSPS) is 9.81. The van der Waals surface area contributed by atoms with Crippen LogP contribution in [0.2, 0.25) is 0 Å². The molecule has 16 heavy (non-hydrogen) atoms. The monoisotopic (exact) mass is 217 g/mol. The number of hydrogen-bond acceptors (Lipinski definition) is 3. The largest absolute Gasteiger partial charge is 0.397 e. The lowest BCUT2D eigenvalue weighted by molar-refractivity contribution is 0.746. The summed E-state index contributed by atoms with van der Waals surface area (Å²) in [6.07, 6.45) is 2.16. The van der Waals surface area contributed by atoms with Gasteiger partial charge in [0.15, 0.2) is 0 Å². The summed E-state index contributed by atoms with van der Waals surface area (Å²) in [7, 11) is 0. The van der Waals surface area contributed by atoms with Gasteiger partial charge in [-0.25, -0.2) is 0 Å². The molecule has 3 nitrogen and oxygen atoms in total. The van der Waals surface area contributed by atoms with Gasteiger partial charge in [0.2, 0.25) is 0 Å². The van der Waals surface area contributed by atoms with E-state index in [4.69, 9.17) is 11.0 Å². The van der Waals surface area contributed by atoms with Crippen molar-refractivity contribution in [3.63, 3.8) is 0 Å². The van der Waals surface area contributed by atoms with E-state index in [0.29, 0.717) is 5.56 Å². The lowest BCUT2D eigenvalue weighted by Gasteiger charge is -2.25. The third kappa shape index (κ3) is 2.90. The fraction of sp³-hybridized carbons (Fsp3) is 0.462. The first-order valence-corrected chi connectivity index (χ1v) is 5.77. The van der Waals surface area contributed by atoms with Crippen molar-refractivity contribution in [2.75, 3.05) is 23.7 Å². The summed E-state index contributed by atoms with van der Waals surface area (Å²) in [6.45, 7) is 6.25. The number of hydrogen-bond donors (Lipinski definition) is 1. The van der Waals surface area contributed by atoms with Gasteiger partial charge in [0.1, 0.15) is 0 Å². The quantitative estimate of drug-likeness (QED) is 0.771. The highest BCUT2D eigenvalue weighted by Gasteiger charge is 2.08. The maximum absolute atomic E-state index is 8.89. The van der Waals surface area contributed by atoms with E-state index in [1.54, 1.807) is 6.07 Å². The van der Waals surface area contributed by atoms with Gasteiger partial charge in [-0.2, -0.15) is 5.26 Å². The second kappa shape index (κ2) is 6.02. The highest BCUT2D eigenvalue weighted by Crippen LogP contribution is 2.24. The lowest BCUT2D eigenvalue weighted by Crippen LogP contribution is -2.25. The zero-order chi connectivity index (χ0) is 12.0. The summed E-state index contributed by atoms with van der Waals surface area (Å²) < 4.78 is 0. The second-order valence-electron chi connectivity index (χ2n) is 3.87. The minimum Gasteiger partial charge on any atom is -0.397 e. The maximum Gasteiger partial charge on any atom is 0.0992 e. The van der Waals surface area contributed by atoms with Gasteiger partial charge < -0.3 is 10.6 Å². The minimum atomic E-state index is 0.668. The molecule has 1 aromatic rings. The molecule has 0 unspecified atom stereocenters. The Labute approximate surface area is 97.5 Å². The van der Waals surface area contributed by atoms with Crippen molar-refractivity contribution in [1.82, 2.24) is 0 Å². The van der Waals surface area contributed by atoms with Crippen LogP contribution in [-0.4, -0.2) is 13.1 Å². The van der Waals surface area contributed by atoms with E-state index < -0.39 is 0 Å². The van der Waals surface area contributed by atoms with Crippen molar-refractivity contribution in [2.45, 2.75) is 26.7 Å². The van der Waals surface area contributed by atoms with Crippen molar-refractivity contribution in [3.8, 4) is 6.07 Å². The molecule has 0 radical (unpaired) electrons. The van der Waals surface area contributed by atoms with Crippen LogP contribution in [0.3, 0.4) is 0 Å². The molecule has 0 aliphatic carbocycles. The standard InChI is InChI=1S/C13H19N3/c1-3-7-16(8-4-2)13-9-11(10-14)5-6-12(13)15/h5-6,9H,3-4,7-8,15H2,1-2H3. The molecule has 0 amide bonds. The lowest BCUT2D eigenvalue weighted by atomic mass is 10.1. The molecule has 0 heterocycles. The van der Waals surface area contributed by atoms with Crippen LogP contribution in [-0.2, 0) is 0 Å². The molecule has 0 atom stereocenters. The third-order valence-corrected chi connectivity index (χ3v) is 2.49. The van der Waals surface area contributed by atoms with Crippen LogP contribution in [0.25, 0.3) is 0 Å². The summed E-state index contributed by atoms with van der Waals surface area (Å²) in [5.41, 5.74) is 8.36. The molecule has 0 saturated carbocycles. The molecule has 1 aromatic carbocycles. The van der Waals surface area contributed by atoms with Crippen LogP contribution in [0.1, 0.15) is 32.3 Å². The zero-order valence-corrected chi connectivity index (χ0v) is 10.0. The van der Waals surface area contributed by atoms with E-state index in [9.17, 15) is 0 Å². The van der Waals surface area contributed by atoms with Gasteiger partial charge in [-0.3, -0.25) is 0 Å². The van der Waals surface area contributed by atoms with Crippen LogP contribution in [0, 0.1) is 11.3 Å². The first-order valence-electron chi connectivity index (χ1n) is 5.77. The molecule has 1 rings (SSSR count). The Balaban J connectivity index is 3.02. The Kier molecular flexibility index (Phi) is 4.65. The molecule has 3 heteroatoms. The van der Waals surface area contributed by atoms with Gasteiger partial charge in [-0.1, -0.05) is 13.8 Å². The van der Waals surface area contributed by atoms with Crippen LogP contribution in [0.15, 0.2) is 18.2 Å². The number of nitrogens with zero attached hydrogens (tertiary/aromatic N) is 2. The number of nitrogen functional groups attached to an aromatic ring is 1. The average Bonchev–Trinajstić information content (AvgIpc) is 2.29. The number of nitrogens with two attached hydrogens (primary N) is 1. The Morgan fingerprint density at radius 1 is 1.25 bits per heavy atom. The van der Waals surface area contributed by atoms with E-state index in [1.807, 2.05) is 12.1 Å². The highest BCUT2D eigenvalue weighted by atomic mass is 15.1. The van der Waals surface area contributed by atoms with Crippen molar-refractivity contribution < 1.29 is 0 Å². The van der Waals surface area contributed by atoms with Crippen molar-refractivity contribution in [1.29, 1.82) is 5.26 Å². The van der Waals surface area contributed by atoms with Crippen LogP contribution in [0.4, 0.5) is 11.4 Å². The van der Waals surface area contributed by atoms with Crippen LogP contribution in [0.5, 0.6) is 0 Å². The first-order chi connectivity index (χ1) is 7.72. The maximum atomic E-state index is 8.89. The zero-order valence-electron chi connectivity index (χ0n) is 10.0. The molecule has 0 aliphatic heterocycles. The fourth-order valence-electron chi connectivity index (χ4n) is 1.78. The van der Waals surface area contributed by atoms with E-state index in [2.05, 4.69) is 24.8 Å². The average molecular weight is 217 g/mol. The summed E-state index contributed by atoms with van der Waals surface area (Å²) in [5, 5.41) is 8.89. The molecule has 0 saturated heterocycles. The third-order valence-electron chi connectivity index (χ3n) is 2.49. The van der Waals surface area contributed by atoms with Crippen LogP contribution >= 0.6 is 0 Å². The number of anilines is 2. The summed E-state index contributed by atoms with van der Waals surface area (Å²) in [5.74, 6) is 0. The minimum absolute atomic E-state index is 0.668. The summed E-state index contributed by atoms with van der Waals surface area (Å²) in [6, 6.07) is 7.60. The van der Waals surface area contributed by atoms with Gasteiger partial charge >= 0.3 is 0 Å². The molecule has 0 aromatic heterocycles. The summed E-state index contributed by atoms with van der Waals surface area (Å²) >= 11 is 0. The van der Waals surface area contributed by atoms with Gasteiger partial charge in [-0.15, -0.1) is 0 Å². The predicted octanol–water partition coefficient (Wildman–Crippen LogP) is 2.77. The number of rotatable bonds is 5. The summed E-state index contributed by atoms with van der Waals surface area (Å²) in [4.78, 5) is 2.25. The smallest absolute Gasteiger partial charge is 0.0992 e. The van der Waals surface area contributed by atoms with Gasteiger partial charge in [-0.05, 0) is 31.0 Å². The molecular formula is C13H19N3. The van der Waals surface area contributed by atoms with Crippen molar-refractivity contribution in [2.24, 2.45) is 0 Å². The van der Waals surface area contributed by atoms with Crippen molar-refractivity contribution >= 4 is 11.4 Å². The Bertz CT molecular complexity index is 373. The molecule has 0 bridgehead atoms. The van der Waals surface area contributed by atoms with E-state index in [1.165, 1.54) is 0 Å². The molecule has 86 valence electrons. The second-order valence-corrected chi connectivity index (χ2v) is 3.87. The van der Waals surface area contributed by atoms with E-state index in [-0.39, 0.29) is 0 Å². The van der Waals surface area contributed by atoms with Gasteiger partial charge in [0.25, 0.3) is 0 Å². The Morgan fingerprint density at radius 3 is 2.38 bits per heavy atom. The Morgan fingerprint density at radius 2 is 1.88 bits per heavy atom. The molecule has 0 aliphatic rings. The fourth-order valence-corrected chi connectivity index (χ4v) is 1.78. The molecule has 0 spiro atoms. The topological polar surface area (TPSA) is 53.0 Å². The Hall–Kier alpha value is -1.69. The first kappa shape index (κ1) is 12.4. The van der Waals surface area contributed by atoms with Crippen molar-refractivity contribution in [3.05, 3.63) is 23.8 Å². The van der Waals surface area contributed by atoms with E-state index >= 15 is 0 Å². The SMILES string of the molecule is CCCN(CCC)c1cc(C#N)ccc1N. The molecule has 0 fully saturated rings. The number of nitriles is 1. The predicted molar refractivity (Wildman–Crippen MR) is 68.4 cm³/mol. The van der Waals surface area contributed by atoms with Crippen LogP contribution < -0.4 is 10.6 Å². The molecular weight excluding hydrogens is 198 g/mol. The molecule has 2 N–H and O–H groups in total. The highest BCUT2D eigenvalue weighted by molar-refractivity contribution is 5.69. The van der Waals surface area contributed by atoms with Gasteiger partial charge in [0.05, 0.1) is 23.0 Å². The van der Waals surface area contributed by atoms with Gasteiger partial charge in [0, 0.05) is 13.1 Å². The van der Waals surface area contributed by atoms with E-state index in [0.717, 1.165) is 37.3 Å².